The number of halogens is 3. The van der Waals surface area contributed by atoms with Gasteiger partial charge >= 0.3 is 0 Å². The highest BCUT2D eigenvalue weighted by atomic mass is 79.9. The average molecular weight is 307 g/mol. The fraction of sp³-hybridized carbons (Fsp3) is 0.300. The van der Waals surface area contributed by atoms with Gasteiger partial charge < -0.3 is 15.5 Å². The van der Waals surface area contributed by atoms with Gasteiger partial charge in [0.1, 0.15) is 11.9 Å². The predicted molar refractivity (Wildman–Crippen MR) is 60.4 cm³/mol. The fourth-order valence-corrected chi connectivity index (χ4v) is 1.67. The molecule has 0 heterocycles. The summed E-state index contributed by atoms with van der Waals surface area (Å²) < 4.78 is 26.7. The Balaban J connectivity index is 3.01. The van der Waals surface area contributed by atoms with Crippen LogP contribution in [0.4, 0.5) is 14.5 Å². The van der Waals surface area contributed by atoms with Gasteiger partial charge in [0.2, 0.25) is 0 Å². The molecule has 1 aromatic carbocycles. The molecule has 0 aliphatic carbocycles. The SMILES string of the molecule is N#Cc1cc(F)c(NCC(O)CO)c(Br)c1F. The van der Waals surface area contributed by atoms with Crippen molar-refractivity contribution in [1.82, 2.24) is 0 Å². The van der Waals surface area contributed by atoms with Crippen LogP contribution in [-0.4, -0.2) is 29.5 Å². The van der Waals surface area contributed by atoms with Crippen molar-refractivity contribution in [3.8, 4) is 6.07 Å². The molecule has 1 atom stereocenters. The number of nitrogens with zero attached hydrogens (tertiary/aromatic N) is 1. The van der Waals surface area contributed by atoms with Gasteiger partial charge in [-0.25, -0.2) is 8.78 Å². The molecular weight excluding hydrogens is 298 g/mol. The van der Waals surface area contributed by atoms with Gasteiger partial charge in [-0.3, -0.25) is 0 Å². The standard InChI is InChI=1S/C10H9BrF2N2O2/c11-8-9(13)5(2-14)1-7(12)10(8)15-3-6(17)4-16/h1,6,15-17H,3-4H2. The lowest BCUT2D eigenvalue weighted by molar-refractivity contribution is 0.105. The van der Waals surface area contributed by atoms with Crippen LogP contribution in [0.1, 0.15) is 5.56 Å². The molecule has 7 heteroatoms. The Labute approximate surface area is 105 Å². The molecule has 0 spiro atoms. The smallest absolute Gasteiger partial charge is 0.157 e. The van der Waals surface area contributed by atoms with Gasteiger partial charge in [0.15, 0.2) is 5.82 Å². The Morgan fingerprint density at radius 2 is 2.18 bits per heavy atom. The zero-order valence-corrected chi connectivity index (χ0v) is 10.1. The maximum absolute atomic E-state index is 13.5. The molecular formula is C10H9BrF2N2O2. The van der Waals surface area contributed by atoms with Crippen LogP contribution >= 0.6 is 15.9 Å². The first kappa shape index (κ1) is 13.8. The van der Waals surface area contributed by atoms with Crippen molar-refractivity contribution in [2.24, 2.45) is 0 Å². The van der Waals surface area contributed by atoms with Gasteiger partial charge in [-0.15, -0.1) is 0 Å². The molecule has 0 aliphatic heterocycles. The minimum Gasteiger partial charge on any atom is -0.394 e. The predicted octanol–water partition coefficient (Wildman–Crippen LogP) is 1.36. The van der Waals surface area contributed by atoms with Gasteiger partial charge in [-0.05, 0) is 22.0 Å². The molecule has 0 aliphatic rings. The summed E-state index contributed by atoms with van der Waals surface area (Å²) in [6.07, 6.45) is -1.08. The van der Waals surface area contributed by atoms with E-state index in [1.54, 1.807) is 0 Å². The van der Waals surface area contributed by atoms with E-state index in [1.807, 2.05) is 0 Å². The van der Waals surface area contributed by atoms with Crippen LogP contribution in [0.25, 0.3) is 0 Å². The minimum absolute atomic E-state index is 0.142. The summed E-state index contributed by atoms with van der Waals surface area (Å²) in [7, 11) is 0. The number of hydrogen-bond acceptors (Lipinski definition) is 4. The summed E-state index contributed by atoms with van der Waals surface area (Å²) >= 11 is 2.82. The maximum Gasteiger partial charge on any atom is 0.157 e. The Morgan fingerprint density at radius 1 is 1.53 bits per heavy atom. The Hall–Kier alpha value is -1.23. The quantitative estimate of drug-likeness (QED) is 0.734. The van der Waals surface area contributed by atoms with Gasteiger partial charge in [-0.2, -0.15) is 5.26 Å². The van der Waals surface area contributed by atoms with Crippen LogP contribution in [0.15, 0.2) is 10.5 Å². The molecule has 1 rings (SSSR count). The summed E-state index contributed by atoms with van der Waals surface area (Å²) in [6, 6.07) is 2.28. The molecule has 4 nitrogen and oxygen atoms in total. The van der Waals surface area contributed by atoms with E-state index >= 15 is 0 Å². The van der Waals surface area contributed by atoms with Crippen LogP contribution in [0.5, 0.6) is 0 Å². The topological polar surface area (TPSA) is 76.3 Å². The van der Waals surface area contributed by atoms with E-state index in [9.17, 15) is 8.78 Å². The normalized spacial score (nSPS) is 12.0. The number of benzene rings is 1. The van der Waals surface area contributed by atoms with Crippen LogP contribution in [0.3, 0.4) is 0 Å². The lowest BCUT2D eigenvalue weighted by Crippen LogP contribution is -2.23. The summed E-state index contributed by atoms with van der Waals surface area (Å²) in [5.41, 5.74) is -0.614. The third kappa shape index (κ3) is 3.12. The second-order valence-electron chi connectivity index (χ2n) is 3.24. The molecule has 1 aromatic rings. The van der Waals surface area contributed by atoms with Crippen molar-refractivity contribution in [3.63, 3.8) is 0 Å². The van der Waals surface area contributed by atoms with Crippen molar-refractivity contribution in [2.45, 2.75) is 6.10 Å². The van der Waals surface area contributed by atoms with Crippen molar-refractivity contribution < 1.29 is 19.0 Å². The first-order valence-electron chi connectivity index (χ1n) is 4.61. The van der Waals surface area contributed by atoms with E-state index in [-0.39, 0.29) is 16.7 Å². The molecule has 3 N–H and O–H groups in total. The first-order chi connectivity index (χ1) is 8.01. The summed E-state index contributed by atoms with van der Waals surface area (Å²) in [5.74, 6) is -1.70. The number of nitriles is 1. The summed E-state index contributed by atoms with van der Waals surface area (Å²) in [5, 5.41) is 28.6. The highest BCUT2D eigenvalue weighted by molar-refractivity contribution is 9.10. The van der Waals surface area contributed by atoms with Gasteiger partial charge in [-0.1, -0.05) is 0 Å². The molecule has 0 saturated carbocycles. The van der Waals surface area contributed by atoms with E-state index in [2.05, 4.69) is 21.2 Å². The zero-order valence-electron chi connectivity index (χ0n) is 8.54. The average Bonchev–Trinajstić information content (AvgIpc) is 2.33. The monoisotopic (exact) mass is 306 g/mol. The van der Waals surface area contributed by atoms with Crippen LogP contribution in [0, 0.1) is 23.0 Å². The number of anilines is 1. The van der Waals surface area contributed by atoms with E-state index in [4.69, 9.17) is 15.5 Å². The van der Waals surface area contributed by atoms with E-state index in [0.29, 0.717) is 0 Å². The van der Waals surface area contributed by atoms with Gasteiger partial charge in [0.05, 0.1) is 28.4 Å². The third-order valence-corrected chi connectivity index (χ3v) is 2.75. The molecule has 0 radical (unpaired) electrons. The number of nitrogens with one attached hydrogen (secondary N) is 1. The number of aliphatic hydroxyl groups excluding tert-OH is 2. The maximum atomic E-state index is 13.5. The summed E-state index contributed by atoms with van der Waals surface area (Å²) in [4.78, 5) is 0. The van der Waals surface area contributed by atoms with Crippen LogP contribution in [-0.2, 0) is 0 Å². The highest BCUT2D eigenvalue weighted by Crippen LogP contribution is 2.30. The minimum atomic E-state index is -1.08. The molecule has 17 heavy (non-hydrogen) atoms. The number of rotatable bonds is 4. The second-order valence-corrected chi connectivity index (χ2v) is 4.03. The van der Waals surface area contributed by atoms with Crippen LogP contribution in [0.2, 0.25) is 0 Å². The lowest BCUT2D eigenvalue weighted by Gasteiger charge is -2.13. The summed E-state index contributed by atoms with van der Waals surface area (Å²) in [6.45, 7) is -0.637. The van der Waals surface area contributed by atoms with E-state index < -0.39 is 29.9 Å². The molecule has 92 valence electrons. The van der Waals surface area contributed by atoms with E-state index in [0.717, 1.165) is 6.07 Å². The molecule has 0 fully saturated rings. The fourth-order valence-electron chi connectivity index (χ4n) is 1.12. The number of hydrogen-bond donors (Lipinski definition) is 3. The highest BCUT2D eigenvalue weighted by Gasteiger charge is 2.17. The van der Waals surface area contributed by atoms with Gasteiger partial charge in [0.25, 0.3) is 0 Å². The Morgan fingerprint density at radius 3 is 2.71 bits per heavy atom. The molecule has 0 aromatic heterocycles. The van der Waals surface area contributed by atoms with Crippen molar-refractivity contribution in [1.29, 1.82) is 5.26 Å². The molecule has 0 saturated heterocycles. The first-order valence-corrected chi connectivity index (χ1v) is 5.41. The zero-order chi connectivity index (χ0) is 13.0. The van der Waals surface area contributed by atoms with Crippen molar-refractivity contribution in [2.75, 3.05) is 18.5 Å². The molecule has 0 bridgehead atoms. The van der Waals surface area contributed by atoms with E-state index in [1.165, 1.54) is 6.07 Å². The lowest BCUT2D eigenvalue weighted by atomic mass is 10.2. The third-order valence-electron chi connectivity index (χ3n) is 2.00. The molecule has 0 amide bonds. The second kappa shape index (κ2) is 5.91. The van der Waals surface area contributed by atoms with Gasteiger partial charge in [0, 0.05) is 6.54 Å². The largest absolute Gasteiger partial charge is 0.394 e. The molecule has 1 unspecified atom stereocenters. The van der Waals surface area contributed by atoms with Crippen LogP contribution < -0.4 is 5.32 Å². The Bertz CT molecular complexity index is 463. The Kier molecular flexibility index (Phi) is 4.81. The number of aliphatic hydroxyl groups is 2. The van der Waals surface area contributed by atoms with Crippen molar-refractivity contribution >= 4 is 21.6 Å². The van der Waals surface area contributed by atoms with Crippen molar-refractivity contribution in [3.05, 3.63) is 27.7 Å².